The van der Waals surface area contributed by atoms with Crippen LogP contribution in [0, 0.1) is 0 Å². The van der Waals surface area contributed by atoms with E-state index in [-0.39, 0.29) is 59.0 Å². The summed E-state index contributed by atoms with van der Waals surface area (Å²) in [6.45, 7) is 17.7. The molecule has 2 aromatic carbocycles. The van der Waals surface area contributed by atoms with Crippen LogP contribution in [0.4, 0.5) is 0 Å². The van der Waals surface area contributed by atoms with Crippen molar-refractivity contribution in [2.45, 2.75) is 65.2 Å². The lowest BCUT2D eigenvalue weighted by atomic mass is 9.97. The van der Waals surface area contributed by atoms with Crippen LogP contribution in [-0.2, 0) is 22.4 Å². The van der Waals surface area contributed by atoms with E-state index in [1.807, 2.05) is 42.5 Å². The molecule has 2 N–H and O–H groups in total. The topological polar surface area (TPSA) is 76.7 Å². The molecule has 2 aromatic rings. The maximum atomic E-state index is 12.7. The Morgan fingerprint density at radius 3 is 1.66 bits per heavy atom. The van der Waals surface area contributed by atoms with E-state index < -0.39 is 0 Å². The summed E-state index contributed by atoms with van der Waals surface area (Å²) >= 11 is 0. The molecule has 0 saturated heterocycles. The molecule has 0 atom stereocenters. The van der Waals surface area contributed by atoms with Crippen molar-refractivity contribution in [3.8, 4) is 22.6 Å². The fraction of sp³-hybridized carbons (Fsp3) is 0.550. The van der Waals surface area contributed by atoms with Crippen LogP contribution in [0.25, 0.3) is 11.1 Å². The van der Waals surface area contributed by atoms with Gasteiger partial charge in [-0.15, -0.1) is 13.2 Å². The van der Waals surface area contributed by atoms with Crippen molar-refractivity contribution in [2.24, 2.45) is 0 Å². The van der Waals surface area contributed by atoms with Gasteiger partial charge in [0.2, 0.25) is 0 Å². The molecule has 0 spiro atoms. The average Bonchev–Trinajstić information content (AvgIpc) is 3.06. The number of carbonyl (C=O) groups excluding carboxylic acids is 2. The second-order valence-corrected chi connectivity index (χ2v) is 14.1. The first-order chi connectivity index (χ1) is 22.9. The quantitative estimate of drug-likeness (QED) is 0.0862. The molecule has 8 nitrogen and oxygen atoms in total. The number of rotatable bonds is 25. The van der Waals surface area contributed by atoms with Crippen LogP contribution < -0.4 is 54.1 Å². The van der Waals surface area contributed by atoms with Gasteiger partial charge in [0.05, 0.1) is 54.4 Å². The van der Waals surface area contributed by atoms with E-state index in [9.17, 15) is 9.59 Å². The minimum Gasteiger partial charge on any atom is -1.00 e. The van der Waals surface area contributed by atoms with E-state index >= 15 is 0 Å². The summed E-state index contributed by atoms with van der Waals surface area (Å²) in [5.74, 6) is 1.01. The molecule has 0 aliphatic heterocycles. The van der Waals surface area contributed by atoms with Gasteiger partial charge in [-0.2, -0.15) is 0 Å². The number of hydrogen-bond donors (Lipinski definition) is 2. The number of ether oxygens (including phenoxy) is 2. The highest BCUT2D eigenvalue weighted by molar-refractivity contribution is 5.79. The number of allylic oxidation sites excluding steroid dienone is 2. The van der Waals surface area contributed by atoms with Crippen LogP contribution in [-0.4, -0.2) is 101 Å². The van der Waals surface area contributed by atoms with E-state index in [2.05, 4.69) is 71.9 Å². The molecule has 0 bridgehead atoms. The van der Waals surface area contributed by atoms with Crippen molar-refractivity contribution in [2.75, 3.05) is 80.7 Å². The molecule has 0 saturated carbocycles. The van der Waals surface area contributed by atoms with Crippen LogP contribution in [0.1, 0.15) is 63.5 Å². The number of unbranched alkanes of at least 4 members (excludes halogenated alkanes) is 2. The van der Waals surface area contributed by atoms with Gasteiger partial charge in [-0.25, -0.2) is 0 Å². The smallest absolute Gasteiger partial charge is 0.257 e. The molecule has 0 fully saturated rings. The lowest BCUT2D eigenvalue weighted by Gasteiger charge is -2.29. The molecule has 0 heterocycles. The molecule has 2 rings (SSSR count). The van der Waals surface area contributed by atoms with Gasteiger partial charge in [-0.05, 0) is 66.6 Å². The fourth-order valence-electron chi connectivity index (χ4n) is 5.68. The highest BCUT2D eigenvalue weighted by atomic mass is 79.9. The second kappa shape index (κ2) is 25.3. The van der Waals surface area contributed by atoms with Crippen LogP contribution in [0.5, 0.6) is 11.5 Å². The molecule has 0 aliphatic rings. The summed E-state index contributed by atoms with van der Waals surface area (Å²) in [6.07, 6.45) is 11.6. The lowest BCUT2D eigenvalue weighted by molar-refractivity contribution is -0.890. The van der Waals surface area contributed by atoms with Crippen LogP contribution in [0.3, 0.4) is 0 Å². The predicted molar refractivity (Wildman–Crippen MR) is 199 cm³/mol. The zero-order valence-corrected chi connectivity index (χ0v) is 34.8. The Balaban J connectivity index is 0.0000120. The first-order valence-electron chi connectivity index (χ1n) is 17.8. The third-order valence-corrected chi connectivity index (χ3v) is 8.64. The molecular formula is C40H64Br2N4O4. The number of hydrogen-bond acceptors (Lipinski definition) is 4. The van der Waals surface area contributed by atoms with Gasteiger partial charge < -0.3 is 63.0 Å². The van der Waals surface area contributed by atoms with Gasteiger partial charge in [0, 0.05) is 31.5 Å². The predicted octanol–water partition coefficient (Wildman–Crippen LogP) is 0.342. The van der Waals surface area contributed by atoms with Crippen LogP contribution >= 0.6 is 0 Å². The summed E-state index contributed by atoms with van der Waals surface area (Å²) < 4.78 is 14.0. The SMILES string of the molecule is C=CCc1ccc(OCC(=O)NCCC[N+](C)(C)CCCC)c(-c2ccc(OCC(=O)NCCC[N+](C)(C)CCCC)c(CC=C)c2)c1.[Br-].[Br-]. The summed E-state index contributed by atoms with van der Waals surface area (Å²) in [6, 6.07) is 11.9. The molecular weight excluding hydrogens is 760 g/mol. The standard InChI is InChI=1S/C40H62N4O4.2BrH/c1-9-13-25-43(5,6)27-15-23-41-39(45)31-47-37-22-20-34(30-35(37)18-12-4)36-29-33(17-11-3)19-21-38(36)48-32-40(46)42-24-16-28-44(7,8)26-14-10-2;;/h11-12,19-22,29-30H,3-4,9-10,13-18,23-28,31-32H2,1-2,5-8H3;2*1H. The lowest BCUT2D eigenvalue weighted by Crippen LogP contribution is -3.00. The van der Waals surface area contributed by atoms with Crippen LogP contribution in [0.2, 0.25) is 0 Å². The Hall–Kier alpha value is -2.66. The van der Waals surface area contributed by atoms with E-state index in [0.717, 1.165) is 70.2 Å². The number of nitrogens with one attached hydrogen (secondary N) is 2. The van der Waals surface area contributed by atoms with Crippen molar-refractivity contribution in [3.63, 3.8) is 0 Å². The van der Waals surface area contributed by atoms with Crippen molar-refractivity contribution in [3.05, 3.63) is 72.8 Å². The molecule has 0 aromatic heterocycles. The largest absolute Gasteiger partial charge is 1.00 e. The molecule has 0 radical (unpaired) electrons. The Bertz CT molecular complexity index is 1320. The maximum absolute atomic E-state index is 12.7. The average molecular weight is 825 g/mol. The van der Waals surface area contributed by atoms with Crippen molar-refractivity contribution >= 4 is 11.8 Å². The summed E-state index contributed by atoms with van der Waals surface area (Å²) in [5, 5.41) is 6.01. The van der Waals surface area contributed by atoms with E-state index in [4.69, 9.17) is 9.47 Å². The van der Waals surface area contributed by atoms with E-state index in [0.29, 0.717) is 37.4 Å². The second-order valence-electron chi connectivity index (χ2n) is 14.1. The van der Waals surface area contributed by atoms with Crippen molar-refractivity contribution < 1.29 is 62.0 Å². The van der Waals surface area contributed by atoms with Gasteiger partial charge in [-0.1, -0.05) is 51.0 Å². The third kappa shape index (κ3) is 18.5. The first-order valence-corrected chi connectivity index (χ1v) is 17.8. The van der Waals surface area contributed by atoms with Crippen LogP contribution in [0.15, 0.2) is 61.7 Å². The molecule has 0 aliphatic carbocycles. The zero-order valence-electron chi connectivity index (χ0n) is 31.6. The minimum absolute atomic E-state index is 0. The van der Waals surface area contributed by atoms with Gasteiger partial charge in [0.15, 0.2) is 13.2 Å². The van der Waals surface area contributed by atoms with Gasteiger partial charge in [0.25, 0.3) is 11.8 Å². The number of carbonyl (C=O) groups is 2. The van der Waals surface area contributed by atoms with Gasteiger partial charge >= 0.3 is 0 Å². The summed E-state index contributed by atoms with van der Waals surface area (Å²) in [5.41, 5.74) is 3.83. The molecule has 10 heteroatoms. The molecule has 282 valence electrons. The first kappa shape index (κ1) is 47.3. The Morgan fingerprint density at radius 2 is 1.16 bits per heavy atom. The highest BCUT2D eigenvalue weighted by Crippen LogP contribution is 2.34. The Morgan fingerprint density at radius 1 is 0.680 bits per heavy atom. The van der Waals surface area contributed by atoms with E-state index in [1.54, 1.807) is 0 Å². The third-order valence-electron chi connectivity index (χ3n) is 8.64. The Kier molecular flexibility index (Phi) is 24.0. The number of quaternary nitrogens is 2. The van der Waals surface area contributed by atoms with Gasteiger partial charge in [0.1, 0.15) is 11.5 Å². The van der Waals surface area contributed by atoms with Crippen molar-refractivity contribution in [1.82, 2.24) is 10.6 Å². The molecule has 50 heavy (non-hydrogen) atoms. The number of benzene rings is 2. The number of amides is 2. The summed E-state index contributed by atoms with van der Waals surface area (Å²) in [4.78, 5) is 25.3. The fourth-order valence-corrected chi connectivity index (χ4v) is 5.68. The minimum atomic E-state index is -0.136. The van der Waals surface area contributed by atoms with Gasteiger partial charge in [-0.3, -0.25) is 9.59 Å². The monoisotopic (exact) mass is 822 g/mol. The Labute approximate surface area is 324 Å². The number of halogens is 2. The van der Waals surface area contributed by atoms with E-state index in [1.165, 1.54) is 25.7 Å². The normalized spacial score (nSPS) is 11.1. The maximum Gasteiger partial charge on any atom is 0.257 e. The molecule has 2 amide bonds. The molecule has 0 unspecified atom stereocenters. The summed E-state index contributed by atoms with van der Waals surface area (Å²) in [7, 11) is 8.97. The highest BCUT2D eigenvalue weighted by Gasteiger charge is 2.17. The van der Waals surface area contributed by atoms with Crippen molar-refractivity contribution in [1.29, 1.82) is 0 Å². The zero-order chi connectivity index (χ0) is 35.4. The number of nitrogens with zero attached hydrogens (tertiary/aromatic N) is 2.